The molecule has 0 bridgehead atoms. The van der Waals surface area contributed by atoms with E-state index in [0.717, 1.165) is 11.3 Å². The van der Waals surface area contributed by atoms with Crippen molar-refractivity contribution in [3.05, 3.63) is 60.2 Å². The largest absolute Gasteiger partial charge is 0.508 e. The topological polar surface area (TPSA) is 58.6 Å². The van der Waals surface area contributed by atoms with Crippen LogP contribution in [0.25, 0.3) is 0 Å². The van der Waals surface area contributed by atoms with Gasteiger partial charge in [-0.1, -0.05) is 30.3 Å². The van der Waals surface area contributed by atoms with Crippen LogP contribution in [-0.4, -0.2) is 18.2 Å². The van der Waals surface area contributed by atoms with E-state index in [0.29, 0.717) is 0 Å². The lowest BCUT2D eigenvalue weighted by Gasteiger charge is -2.33. The van der Waals surface area contributed by atoms with Crippen LogP contribution in [0.5, 0.6) is 5.75 Å². The van der Waals surface area contributed by atoms with E-state index in [2.05, 4.69) is 5.32 Å². The van der Waals surface area contributed by atoms with Crippen molar-refractivity contribution >= 4 is 11.7 Å². The Kier molecular flexibility index (Phi) is 4.71. The molecule has 0 aliphatic rings. The minimum atomic E-state index is -0.776. The first-order valence-electron chi connectivity index (χ1n) is 7.14. The predicted octanol–water partition coefficient (Wildman–Crippen LogP) is 3.74. The molecule has 4 heteroatoms. The number of carbonyl (C=O) groups is 1. The van der Waals surface area contributed by atoms with Crippen molar-refractivity contribution in [3.63, 3.8) is 0 Å². The number of methoxy groups -OCH3 is 1. The number of ether oxygens (including phenoxy) is 1. The van der Waals surface area contributed by atoms with Gasteiger partial charge in [0.2, 0.25) is 0 Å². The lowest BCUT2D eigenvalue weighted by molar-refractivity contribution is -0.151. The van der Waals surface area contributed by atoms with Gasteiger partial charge in [-0.3, -0.25) is 4.79 Å². The lowest BCUT2D eigenvalue weighted by Crippen LogP contribution is -2.36. The molecule has 0 saturated carbocycles. The molecule has 2 rings (SSSR count). The molecule has 1 atom stereocenters. The molecular formula is C18H21NO3. The molecule has 116 valence electrons. The summed E-state index contributed by atoms with van der Waals surface area (Å²) in [6, 6.07) is 16.2. The Morgan fingerprint density at radius 3 is 2.23 bits per heavy atom. The van der Waals surface area contributed by atoms with Gasteiger partial charge in [-0.25, -0.2) is 0 Å². The van der Waals surface area contributed by atoms with Crippen molar-refractivity contribution in [2.24, 2.45) is 5.41 Å². The molecule has 4 nitrogen and oxygen atoms in total. The van der Waals surface area contributed by atoms with E-state index < -0.39 is 5.41 Å². The highest BCUT2D eigenvalue weighted by Gasteiger charge is 2.39. The van der Waals surface area contributed by atoms with Crippen LogP contribution in [0.15, 0.2) is 54.6 Å². The van der Waals surface area contributed by atoms with Gasteiger partial charge in [0.05, 0.1) is 18.6 Å². The molecule has 0 heterocycles. The lowest BCUT2D eigenvalue weighted by atomic mass is 9.80. The summed E-state index contributed by atoms with van der Waals surface area (Å²) in [6.07, 6.45) is 0. The molecule has 1 unspecified atom stereocenters. The maximum Gasteiger partial charge on any atom is 0.313 e. The smallest absolute Gasteiger partial charge is 0.313 e. The minimum Gasteiger partial charge on any atom is -0.508 e. The number of hydrogen-bond acceptors (Lipinski definition) is 4. The Morgan fingerprint density at radius 2 is 1.68 bits per heavy atom. The molecule has 0 aliphatic heterocycles. The van der Waals surface area contributed by atoms with Crippen LogP contribution >= 0.6 is 0 Å². The van der Waals surface area contributed by atoms with Crippen molar-refractivity contribution in [1.82, 2.24) is 0 Å². The van der Waals surface area contributed by atoms with Gasteiger partial charge in [-0.15, -0.1) is 0 Å². The summed E-state index contributed by atoms with van der Waals surface area (Å²) in [5.41, 5.74) is 1.04. The molecular weight excluding hydrogens is 278 g/mol. The fourth-order valence-corrected chi connectivity index (χ4v) is 2.43. The van der Waals surface area contributed by atoms with Gasteiger partial charge < -0.3 is 15.2 Å². The molecule has 0 saturated heterocycles. The van der Waals surface area contributed by atoms with Crippen LogP contribution in [0.4, 0.5) is 5.69 Å². The maximum atomic E-state index is 12.2. The summed E-state index contributed by atoms with van der Waals surface area (Å²) < 4.78 is 4.95. The summed E-state index contributed by atoms with van der Waals surface area (Å²) in [5, 5.41) is 12.9. The fraction of sp³-hybridized carbons (Fsp3) is 0.278. The molecule has 2 aromatic rings. The standard InChI is InChI=1S/C18H21NO3/c1-18(2,17(21)22-3)16(13-9-11-15(20)12-10-13)19-14-7-5-4-6-8-14/h4-12,16,19-20H,1-3H3. The van der Waals surface area contributed by atoms with Crippen molar-refractivity contribution in [2.45, 2.75) is 19.9 Å². The second-order valence-electron chi connectivity index (χ2n) is 5.75. The van der Waals surface area contributed by atoms with Crippen LogP contribution in [0.3, 0.4) is 0 Å². The fourth-order valence-electron chi connectivity index (χ4n) is 2.43. The van der Waals surface area contributed by atoms with Gasteiger partial charge in [0.15, 0.2) is 0 Å². The first-order valence-corrected chi connectivity index (χ1v) is 7.14. The zero-order chi connectivity index (χ0) is 16.2. The average molecular weight is 299 g/mol. The van der Waals surface area contributed by atoms with E-state index in [1.54, 1.807) is 24.3 Å². The highest BCUT2D eigenvalue weighted by molar-refractivity contribution is 5.78. The van der Waals surface area contributed by atoms with Gasteiger partial charge in [0, 0.05) is 5.69 Å². The number of rotatable bonds is 5. The Hall–Kier alpha value is -2.49. The van der Waals surface area contributed by atoms with Crippen molar-refractivity contribution in [3.8, 4) is 5.75 Å². The van der Waals surface area contributed by atoms with E-state index in [1.807, 2.05) is 44.2 Å². The number of aromatic hydroxyl groups is 1. The molecule has 0 amide bonds. The van der Waals surface area contributed by atoms with Crippen molar-refractivity contribution in [2.75, 3.05) is 12.4 Å². The van der Waals surface area contributed by atoms with Crippen molar-refractivity contribution in [1.29, 1.82) is 0 Å². The quantitative estimate of drug-likeness (QED) is 0.826. The number of phenolic OH excluding ortho intramolecular Hbond substituents is 1. The first kappa shape index (κ1) is 15.9. The zero-order valence-electron chi connectivity index (χ0n) is 13.0. The van der Waals surface area contributed by atoms with Gasteiger partial charge in [-0.2, -0.15) is 0 Å². The van der Waals surface area contributed by atoms with Crippen LogP contribution in [0, 0.1) is 5.41 Å². The average Bonchev–Trinajstić information content (AvgIpc) is 2.53. The minimum absolute atomic E-state index is 0.193. The molecule has 22 heavy (non-hydrogen) atoms. The molecule has 0 aliphatic carbocycles. The van der Waals surface area contributed by atoms with Gasteiger partial charge in [-0.05, 0) is 43.7 Å². The number of benzene rings is 2. The Morgan fingerprint density at radius 1 is 1.09 bits per heavy atom. The highest BCUT2D eigenvalue weighted by atomic mass is 16.5. The summed E-state index contributed by atoms with van der Waals surface area (Å²) in [6.45, 7) is 3.68. The molecule has 0 aromatic heterocycles. The Balaban J connectivity index is 2.40. The second kappa shape index (κ2) is 6.52. The summed E-state index contributed by atoms with van der Waals surface area (Å²) >= 11 is 0. The third-order valence-electron chi connectivity index (χ3n) is 3.74. The number of carbonyl (C=O) groups excluding carboxylic acids is 1. The van der Waals surface area contributed by atoms with Gasteiger partial charge >= 0.3 is 5.97 Å². The van der Waals surface area contributed by atoms with E-state index in [1.165, 1.54) is 7.11 Å². The monoisotopic (exact) mass is 299 g/mol. The van der Waals surface area contributed by atoms with E-state index >= 15 is 0 Å². The summed E-state index contributed by atoms with van der Waals surface area (Å²) in [5.74, 6) is -0.105. The Bertz CT molecular complexity index is 621. The van der Waals surface area contributed by atoms with Crippen LogP contribution < -0.4 is 5.32 Å². The molecule has 0 radical (unpaired) electrons. The molecule has 2 aromatic carbocycles. The van der Waals surface area contributed by atoms with E-state index in [-0.39, 0.29) is 17.8 Å². The third-order valence-corrected chi connectivity index (χ3v) is 3.74. The number of anilines is 1. The number of nitrogens with one attached hydrogen (secondary N) is 1. The normalized spacial score (nSPS) is 12.5. The number of hydrogen-bond donors (Lipinski definition) is 2. The number of para-hydroxylation sites is 1. The highest BCUT2D eigenvalue weighted by Crippen LogP contribution is 2.37. The van der Waals surface area contributed by atoms with Crippen LogP contribution in [-0.2, 0) is 9.53 Å². The first-order chi connectivity index (χ1) is 10.4. The summed E-state index contributed by atoms with van der Waals surface area (Å²) in [4.78, 5) is 12.2. The Labute approximate surface area is 130 Å². The molecule has 0 fully saturated rings. The maximum absolute atomic E-state index is 12.2. The van der Waals surface area contributed by atoms with Crippen molar-refractivity contribution < 1.29 is 14.6 Å². The SMILES string of the molecule is COC(=O)C(C)(C)C(Nc1ccccc1)c1ccc(O)cc1. The number of esters is 1. The van der Waals surface area contributed by atoms with E-state index in [9.17, 15) is 9.90 Å². The second-order valence-corrected chi connectivity index (χ2v) is 5.75. The van der Waals surface area contributed by atoms with Gasteiger partial charge in [0.1, 0.15) is 5.75 Å². The predicted molar refractivity (Wildman–Crippen MR) is 86.7 cm³/mol. The summed E-state index contributed by atoms with van der Waals surface area (Å²) in [7, 11) is 1.39. The molecule has 0 spiro atoms. The molecule has 2 N–H and O–H groups in total. The van der Waals surface area contributed by atoms with E-state index in [4.69, 9.17) is 4.74 Å². The van der Waals surface area contributed by atoms with Gasteiger partial charge in [0.25, 0.3) is 0 Å². The van der Waals surface area contributed by atoms with Crippen LogP contribution in [0.2, 0.25) is 0 Å². The zero-order valence-corrected chi connectivity index (χ0v) is 13.0. The number of phenols is 1. The third kappa shape index (κ3) is 3.39. The van der Waals surface area contributed by atoms with Crippen LogP contribution in [0.1, 0.15) is 25.5 Å².